The van der Waals surface area contributed by atoms with Crippen LogP contribution in [0.3, 0.4) is 0 Å². The molecule has 30 heavy (non-hydrogen) atoms. The molecule has 3 rings (SSSR count). The van der Waals surface area contributed by atoms with Crippen molar-refractivity contribution in [1.82, 2.24) is 15.6 Å². The smallest absolute Gasteiger partial charge is 0.237 e. The number of thiazole rings is 1. The molecule has 1 unspecified atom stereocenters. The van der Waals surface area contributed by atoms with Crippen molar-refractivity contribution in [2.24, 2.45) is 16.5 Å². The number of aliphatic imine (C=N–C) groups is 1. The molecule has 1 saturated heterocycles. The van der Waals surface area contributed by atoms with Crippen LogP contribution in [0.25, 0.3) is 10.2 Å². The lowest BCUT2D eigenvalue weighted by Gasteiger charge is -2.13. The predicted octanol–water partition coefficient (Wildman–Crippen LogP) is 0.338. The van der Waals surface area contributed by atoms with Gasteiger partial charge in [-0.2, -0.15) is 0 Å². The molecule has 2 amide bonds. The number of hydrogen-bond acceptors (Lipinski definition) is 7. The van der Waals surface area contributed by atoms with E-state index >= 15 is 0 Å². The van der Waals surface area contributed by atoms with Gasteiger partial charge in [0.05, 0.1) is 16.3 Å². The number of nitrogens with two attached hydrogens (primary N) is 2. The molecule has 10 nitrogen and oxygen atoms in total. The summed E-state index contributed by atoms with van der Waals surface area (Å²) in [6.07, 6.45) is 3.34. The maximum atomic E-state index is 13.0. The lowest BCUT2D eigenvalue weighted by Crippen LogP contribution is -2.41. The van der Waals surface area contributed by atoms with E-state index < -0.39 is 6.04 Å². The zero-order valence-corrected chi connectivity index (χ0v) is 17.2. The largest absolute Gasteiger partial charge is 0.370 e. The lowest BCUT2D eigenvalue weighted by molar-refractivity contribution is -0.122. The van der Waals surface area contributed by atoms with E-state index in [1.165, 1.54) is 11.3 Å². The molecule has 1 aliphatic heterocycles. The van der Waals surface area contributed by atoms with Crippen LogP contribution >= 0.6 is 11.3 Å². The Morgan fingerprint density at radius 3 is 2.93 bits per heavy atom. The molecule has 2 heterocycles. The summed E-state index contributed by atoms with van der Waals surface area (Å²) < 4.78 is 0.768. The first-order chi connectivity index (χ1) is 14.5. The number of anilines is 1. The Morgan fingerprint density at radius 2 is 2.23 bits per heavy atom. The van der Waals surface area contributed by atoms with Crippen LogP contribution in [0.4, 0.5) is 5.69 Å². The normalized spacial score (nSPS) is 16.7. The van der Waals surface area contributed by atoms with Crippen LogP contribution in [0.1, 0.15) is 35.5 Å². The Bertz CT molecular complexity index is 949. The van der Waals surface area contributed by atoms with E-state index in [9.17, 15) is 14.4 Å². The van der Waals surface area contributed by atoms with Crippen molar-refractivity contribution in [3.8, 4) is 0 Å². The van der Waals surface area contributed by atoms with Crippen molar-refractivity contribution in [3.63, 3.8) is 0 Å². The second-order valence-corrected chi connectivity index (χ2v) is 8.01. The Labute approximate surface area is 177 Å². The molecule has 11 heteroatoms. The molecule has 0 radical (unpaired) electrons. The van der Waals surface area contributed by atoms with Crippen molar-refractivity contribution >= 4 is 51.3 Å². The van der Waals surface area contributed by atoms with Crippen LogP contribution in [0.5, 0.6) is 0 Å². The standard InChI is InChI=1S/C19H25N7O3S/c20-19(21)26-13(3-1-8-23-17(29)14-4-2-7-22-14)16(28)18-25-12-6-5-11(24-10-27)9-15(12)30-18/h5-6,9-10,13-14,22H,1-4,7-8H2,(H,23,29)(H,24,27)(H4,20,21,26)/t13?,14-/m0/s1. The summed E-state index contributed by atoms with van der Waals surface area (Å²) in [5.74, 6) is -0.479. The number of ketones is 1. The minimum absolute atomic E-state index is 0.0249. The quantitative estimate of drug-likeness (QED) is 0.119. The highest BCUT2D eigenvalue weighted by Gasteiger charge is 2.24. The van der Waals surface area contributed by atoms with Crippen LogP contribution in [-0.4, -0.2) is 54.2 Å². The summed E-state index contributed by atoms with van der Waals surface area (Å²) in [7, 11) is 0. The highest BCUT2D eigenvalue weighted by molar-refractivity contribution is 7.20. The molecule has 0 spiro atoms. The highest BCUT2D eigenvalue weighted by Crippen LogP contribution is 2.27. The van der Waals surface area contributed by atoms with Gasteiger partial charge in [-0.1, -0.05) is 0 Å². The van der Waals surface area contributed by atoms with E-state index in [-0.39, 0.29) is 23.7 Å². The summed E-state index contributed by atoms with van der Waals surface area (Å²) in [6, 6.07) is 4.28. The molecule has 0 bridgehead atoms. The van der Waals surface area contributed by atoms with Crippen molar-refractivity contribution in [2.45, 2.75) is 37.8 Å². The van der Waals surface area contributed by atoms with E-state index in [0.717, 1.165) is 24.1 Å². The Hall–Kier alpha value is -3.05. The van der Waals surface area contributed by atoms with Gasteiger partial charge < -0.3 is 27.4 Å². The Balaban J connectivity index is 1.63. The Kier molecular flexibility index (Phi) is 7.31. The van der Waals surface area contributed by atoms with E-state index in [2.05, 4.69) is 25.9 Å². The van der Waals surface area contributed by atoms with Gasteiger partial charge in [0, 0.05) is 12.2 Å². The predicted molar refractivity (Wildman–Crippen MR) is 117 cm³/mol. The number of carbonyl (C=O) groups is 3. The molecule has 1 aromatic carbocycles. The number of amides is 2. The van der Waals surface area contributed by atoms with Crippen LogP contribution in [0.15, 0.2) is 23.2 Å². The van der Waals surface area contributed by atoms with Crippen LogP contribution in [0.2, 0.25) is 0 Å². The number of Topliss-reactive ketones (excluding diaryl/α,β-unsaturated/α-hetero) is 1. The van der Waals surface area contributed by atoms with Gasteiger partial charge in [0.15, 0.2) is 11.0 Å². The number of hydrogen-bond donors (Lipinski definition) is 5. The average molecular weight is 432 g/mol. The molecule has 1 aliphatic rings. The van der Waals surface area contributed by atoms with Crippen molar-refractivity contribution < 1.29 is 14.4 Å². The maximum Gasteiger partial charge on any atom is 0.237 e. The summed E-state index contributed by atoms with van der Waals surface area (Å²) in [5.41, 5.74) is 12.3. The van der Waals surface area contributed by atoms with Gasteiger partial charge >= 0.3 is 0 Å². The molecule has 2 atom stereocenters. The van der Waals surface area contributed by atoms with Crippen molar-refractivity contribution in [1.29, 1.82) is 0 Å². The lowest BCUT2D eigenvalue weighted by atomic mass is 10.1. The fourth-order valence-electron chi connectivity index (χ4n) is 3.30. The number of carbonyl (C=O) groups excluding carboxylic acids is 3. The molecule has 1 aromatic heterocycles. The van der Waals surface area contributed by atoms with E-state index in [0.29, 0.717) is 42.0 Å². The zero-order valence-electron chi connectivity index (χ0n) is 16.4. The van der Waals surface area contributed by atoms with Gasteiger partial charge in [-0.3, -0.25) is 14.4 Å². The number of benzene rings is 1. The molecule has 160 valence electrons. The SMILES string of the molecule is NC(N)=NC(CCCNC(=O)[C@@H]1CCCN1)C(=O)c1nc2ccc(NC=O)cc2s1. The first kappa shape index (κ1) is 21.7. The van der Waals surface area contributed by atoms with Crippen LogP contribution in [0, 0.1) is 0 Å². The minimum atomic E-state index is -0.773. The maximum absolute atomic E-state index is 13.0. The first-order valence-electron chi connectivity index (χ1n) is 9.72. The second kappa shape index (κ2) is 10.1. The number of nitrogens with zero attached hydrogens (tertiary/aromatic N) is 2. The summed E-state index contributed by atoms with van der Waals surface area (Å²) in [4.78, 5) is 44.1. The van der Waals surface area contributed by atoms with E-state index in [1.807, 2.05) is 0 Å². The van der Waals surface area contributed by atoms with E-state index in [1.54, 1.807) is 18.2 Å². The fraction of sp³-hybridized carbons (Fsp3) is 0.421. The number of nitrogens with one attached hydrogen (secondary N) is 3. The van der Waals surface area contributed by atoms with Crippen LogP contribution < -0.4 is 27.4 Å². The molecular weight excluding hydrogens is 406 g/mol. The average Bonchev–Trinajstić information content (AvgIpc) is 3.39. The second-order valence-electron chi connectivity index (χ2n) is 6.98. The van der Waals surface area contributed by atoms with Gasteiger partial charge in [0.1, 0.15) is 6.04 Å². The Morgan fingerprint density at radius 1 is 1.40 bits per heavy atom. The topological polar surface area (TPSA) is 165 Å². The van der Waals surface area contributed by atoms with Gasteiger partial charge in [-0.05, 0) is 50.4 Å². The van der Waals surface area contributed by atoms with Gasteiger partial charge in [0.2, 0.25) is 18.1 Å². The zero-order chi connectivity index (χ0) is 21.5. The molecule has 0 aliphatic carbocycles. The number of rotatable bonds is 10. The van der Waals surface area contributed by atoms with Gasteiger partial charge in [-0.15, -0.1) is 11.3 Å². The third kappa shape index (κ3) is 5.51. The monoisotopic (exact) mass is 431 g/mol. The number of guanidine groups is 1. The third-order valence-corrected chi connectivity index (χ3v) is 5.80. The van der Waals surface area contributed by atoms with Crippen molar-refractivity contribution in [3.05, 3.63) is 23.2 Å². The fourth-order valence-corrected chi connectivity index (χ4v) is 4.30. The number of aromatic nitrogens is 1. The summed E-state index contributed by atoms with van der Waals surface area (Å²) in [6.45, 7) is 1.29. The molecule has 0 saturated carbocycles. The molecule has 2 aromatic rings. The van der Waals surface area contributed by atoms with Crippen molar-refractivity contribution in [2.75, 3.05) is 18.4 Å². The third-order valence-electron chi connectivity index (χ3n) is 4.76. The molecular formula is C19H25N7O3S. The highest BCUT2D eigenvalue weighted by atomic mass is 32.1. The first-order valence-corrected chi connectivity index (χ1v) is 10.5. The number of fused-ring (bicyclic) bond motifs is 1. The van der Waals surface area contributed by atoms with Crippen LogP contribution in [-0.2, 0) is 9.59 Å². The van der Waals surface area contributed by atoms with E-state index in [4.69, 9.17) is 11.5 Å². The molecule has 1 fully saturated rings. The summed E-state index contributed by atoms with van der Waals surface area (Å²) >= 11 is 1.22. The minimum Gasteiger partial charge on any atom is -0.370 e. The van der Waals surface area contributed by atoms with Gasteiger partial charge in [-0.25, -0.2) is 9.98 Å². The molecule has 7 N–H and O–H groups in total. The summed E-state index contributed by atoms with van der Waals surface area (Å²) in [5, 5.41) is 8.89. The van der Waals surface area contributed by atoms with Gasteiger partial charge in [0.25, 0.3) is 0 Å².